The van der Waals surface area contributed by atoms with Crippen LogP contribution in [0.3, 0.4) is 0 Å². The van der Waals surface area contributed by atoms with Crippen molar-refractivity contribution < 1.29 is 0 Å². The van der Waals surface area contributed by atoms with Crippen LogP contribution in [0.2, 0.25) is 0 Å². The van der Waals surface area contributed by atoms with Gasteiger partial charge in [-0.15, -0.1) is 0 Å². The first kappa shape index (κ1) is 26.2. The van der Waals surface area contributed by atoms with Gasteiger partial charge in [0.05, 0.1) is 28.1 Å². The molecule has 3 nitrogen and oxygen atoms in total. The predicted molar refractivity (Wildman–Crippen MR) is 193 cm³/mol. The van der Waals surface area contributed by atoms with E-state index in [0.717, 1.165) is 56.3 Å². The average Bonchev–Trinajstić information content (AvgIpc) is 3.37. The molecule has 2 aromatic heterocycles. The first-order chi connectivity index (χ1) is 22.8. The lowest BCUT2D eigenvalue weighted by Gasteiger charge is -2.27. The summed E-state index contributed by atoms with van der Waals surface area (Å²) in [4.78, 5) is 7.72. The summed E-state index contributed by atoms with van der Waals surface area (Å²) in [6.45, 7) is 0. The van der Waals surface area contributed by atoms with Gasteiger partial charge in [-0.05, 0) is 65.2 Å². The molecule has 3 heterocycles. The molecule has 1 aliphatic rings. The summed E-state index contributed by atoms with van der Waals surface area (Å²) in [5.74, 6) is 0.896. The van der Waals surface area contributed by atoms with E-state index >= 15 is 0 Å². The van der Waals surface area contributed by atoms with Crippen molar-refractivity contribution in [2.24, 2.45) is 0 Å². The average molecular weight is 588 g/mol. The monoisotopic (exact) mass is 587 g/mol. The summed E-state index contributed by atoms with van der Waals surface area (Å²) in [5.41, 5.74) is 12.4. The third-order valence-corrected chi connectivity index (χ3v) is 8.94. The first-order valence-electron chi connectivity index (χ1n) is 15.7. The predicted octanol–water partition coefficient (Wildman–Crippen LogP) is 11.5. The molecule has 6 aromatic carbocycles. The molecule has 0 unspecified atom stereocenters. The van der Waals surface area contributed by atoms with E-state index in [1.807, 2.05) is 0 Å². The van der Waals surface area contributed by atoms with E-state index in [4.69, 9.17) is 4.98 Å². The quantitative estimate of drug-likeness (QED) is 0.204. The van der Waals surface area contributed by atoms with Crippen molar-refractivity contribution in [3.05, 3.63) is 175 Å². The molecule has 0 fully saturated rings. The second-order valence-electron chi connectivity index (χ2n) is 11.6. The van der Waals surface area contributed by atoms with E-state index in [1.54, 1.807) is 0 Å². The van der Waals surface area contributed by atoms with Crippen LogP contribution in [0.1, 0.15) is 11.1 Å². The fourth-order valence-corrected chi connectivity index (χ4v) is 6.86. The molecule has 0 saturated carbocycles. The highest BCUT2D eigenvalue weighted by Gasteiger charge is 2.24. The largest absolute Gasteiger partial charge is 0.309 e. The van der Waals surface area contributed by atoms with E-state index in [0.29, 0.717) is 0 Å². The van der Waals surface area contributed by atoms with E-state index in [1.165, 1.54) is 21.9 Å². The lowest BCUT2D eigenvalue weighted by atomic mass is 10.0. The van der Waals surface area contributed by atoms with Crippen LogP contribution in [0, 0.1) is 0 Å². The van der Waals surface area contributed by atoms with E-state index < -0.39 is 0 Å². The van der Waals surface area contributed by atoms with Crippen LogP contribution in [0.25, 0.3) is 62.2 Å². The summed E-state index contributed by atoms with van der Waals surface area (Å²) in [6.07, 6.45) is 4.55. The van der Waals surface area contributed by atoms with Gasteiger partial charge in [-0.2, -0.15) is 0 Å². The molecule has 216 valence electrons. The van der Waals surface area contributed by atoms with Crippen molar-refractivity contribution in [3.8, 4) is 28.2 Å². The van der Waals surface area contributed by atoms with Crippen LogP contribution in [-0.4, -0.2) is 9.55 Å². The number of hydrogen-bond donors (Lipinski definition) is 0. The van der Waals surface area contributed by atoms with Gasteiger partial charge < -0.3 is 4.90 Å². The summed E-state index contributed by atoms with van der Waals surface area (Å²) in [7, 11) is 0. The third-order valence-electron chi connectivity index (χ3n) is 8.94. The highest BCUT2D eigenvalue weighted by atomic mass is 15.2. The van der Waals surface area contributed by atoms with Crippen molar-refractivity contribution in [2.45, 2.75) is 0 Å². The molecule has 0 atom stereocenters. The minimum Gasteiger partial charge on any atom is -0.309 e. The number of pyridine rings is 1. The zero-order chi connectivity index (χ0) is 30.5. The number of para-hydroxylation sites is 3. The second-order valence-corrected chi connectivity index (χ2v) is 11.6. The van der Waals surface area contributed by atoms with Crippen LogP contribution in [0.15, 0.2) is 164 Å². The lowest BCUT2D eigenvalue weighted by molar-refractivity contribution is 1.08. The zero-order valence-electron chi connectivity index (χ0n) is 25.1. The Labute approximate surface area is 268 Å². The Morgan fingerprint density at radius 1 is 0.457 bits per heavy atom. The Bertz CT molecular complexity index is 2350. The van der Waals surface area contributed by atoms with Gasteiger partial charge in [-0.25, -0.2) is 4.98 Å². The number of anilines is 3. The lowest BCUT2D eigenvalue weighted by Crippen LogP contribution is -2.11. The molecule has 0 spiro atoms. The smallest absolute Gasteiger partial charge is 0.138 e. The second kappa shape index (κ2) is 10.8. The van der Waals surface area contributed by atoms with Gasteiger partial charge in [-0.3, -0.25) is 4.57 Å². The standard InChI is InChI=1S/C43H29N3/c1-4-14-30(15-5-1)33-28-37(31-16-6-2-7-17-31)44-42(29-33)46-39-23-13-11-21-35(39)43-36-25-24-32-18-10-12-22-38(32)45(34-19-8-3-9-20-34)40(36)26-27-41(43)46/h1-29H. The van der Waals surface area contributed by atoms with E-state index in [-0.39, 0.29) is 0 Å². The van der Waals surface area contributed by atoms with Gasteiger partial charge in [0.1, 0.15) is 5.82 Å². The van der Waals surface area contributed by atoms with Crippen LogP contribution >= 0.6 is 0 Å². The van der Waals surface area contributed by atoms with Crippen LogP contribution in [0.4, 0.5) is 17.1 Å². The van der Waals surface area contributed by atoms with Crippen molar-refractivity contribution >= 4 is 51.0 Å². The summed E-state index contributed by atoms with van der Waals surface area (Å²) in [6, 6.07) is 58.0. The van der Waals surface area contributed by atoms with Crippen LogP contribution in [0.5, 0.6) is 0 Å². The molecule has 46 heavy (non-hydrogen) atoms. The number of aromatic nitrogens is 2. The summed E-state index contributed by atoms with van der Waals surface area (Å²) < 4.78 is 2.34. The third kappa shape index (κ3) is 4.25. The summed E-state index contributed by atoms with van der Waals surface area (Å²) >= 11 is 0. The van der Waals surface area contributed by atoms with Crippen molar-refractivity contribution in [1.29, 1.82) is 0 Å². The SMILES string of the molecule is C1=Cc2c(ccc3c2c2ccccc2n3-c2cc(-c3ccccc3)cc(-c3ccccc3)n2)N(c2ccccc2)c2ccccc21. The number of fused-ring (bicyclic) bond motifs is 6. The minimum atomic E-state index is 0.896. The van der Waals surface area contributed by atoms with Crippen molar-refractivity contribution in [3.63, 3.8) is 0 Å². The molecule has 0 aliphatic carbocycles. The van der Waals surface area contributed by atoms with E-state index in [9.17, 15) is 0 Å². The van der Waals surface area contributed by atoms with Gasteiger partial charge >= 0.3 is 0 Å². The molecule has 8 aromatic rings. The maximum absolute atomic E-state index is 5.33. The minimum absolute atomic E-state index is 0.896. The van der Waals surface area contributed by atoms with E-state index in [2.05, 4.69) is 185 Å². The van der Waals surface area contributed by atoms with Crippen molar-refractivity contribution in [1.82, 2.24) is 9.55 Å². The highest BCUT2D eigenvalue weighted by molar-refractivity contribution is 6.16. The molecular formula is C43H29N3. The number of nitrogens with zero attached hydrogens (tertiary/aromatic N) is 3. The van der Waals surface area contributed by atoms with Crippen molar-refractivity contribution in [2.75, 3.05) is 4.90 Å². The molecule has 0 N–H and O–H groups in total. The van der Waals surface area contributed by atoms with Gasteiger partial charge in [0.25, 0.3) is 0 Å². The van der Waals surface area contributed by atoms with Gasteiger partial charge in [0, 0.05) is 27.6 Å². The molecule has 1 aliphatic heterocycles. The van der Waals surface area contributed by atoms with Gasteiger partial charge in [-0.1, -0.05) is 127 Å². The number of rotatable bonds is 4. The number of benzene rings is 6. The maximum atomic E-state index is 5.33. The van der Waals surface area contributed by atoms with Gasteiger partial charge in [0.2, 0.25) is 0 Å². The van der Waals surface area contributed by atoms with Crippen LogP contribution in [-0.2, 0) is 0 Å². The first-order valence-corrected chi connectivity index (χ1v) is 15.7. The molecule has 0 radical (unpaired) electrons. The summed E-state index contributed by atoms with van der Waals surface area (Å²) in [5, 5.41) is 2.41. The molecule has 0 saturated heterocycles. The molecule has 0 bridgehead atoms. The Balaban J connectivity index is 1.35. The number of hydrogen-bond acceptors (Lipinski definition) is 2. The van der Waals surface area contributed by atoms with Crippen LogP contribution < -0.4 is 4.90 Å². The Hall–Kier alpha value is -6.19. The normalized spacial score (nSPS) is 12.2. The Morgan fingerprint density at radius 3 is 1.93 bits per heavy atom. The Morgan fingerprint density at radius 2 is 1.13 bits per heavy atom. The fraction of sp³-hybridized carbons (Fsp3) is 0. The molecule has 9 rings (SSSR count). The maximum Gasteiger partial charge on any atom is 0.138 e. The topological polar surface area (TPSA) is 21.1 Å². The van der Waals surface area contributed by atoms with Gasteiger partial charge in [0.15, 0.2) is 0 Å². The zero-order valence-corrected chi connectivity index (χ0v) is 25.1. The fourth-order valence-electron chi connectivity index (χ4n) is 6.86. The molecule has 3 heteroatoms. The highest BCUT2D eigenvalue weighted by Crippen LogP contribution is 2.46. The molecular weight excluding hydrogens is 558 g/mol. The molecule has 0 amide bonds. The Kier molecular flexibility index (Phi) is 6.14.